The zero-order valence-electron chi connectivity index (χ0n) is 13.4. The number of rotatable bonds is 6. The number of nitrogens with one attached hydrogen (secondary N) is 1. The van der Waals surface area contributed by atoms with Crippen molar-refractivity contribution in [2.75, 3.05) is 0 Å². The third-order valence-electron chi connectivity index (χ3n) is 4.49. The van der Waals surface area contributed by atoms with Crippen LogP contribution < -0.4 is 5.32 Å². The zero-order chi connectivity index (χ0) is 14.7. The number of hydrogen-bond acceptors (Lipinski definition) is 2. The van der Waals surface area contributed by atoms with Crippen LogP contribution in [0.25, 0.3) is 11.0 Å². The van der Waals surface area contributed by atoms with E-state index in [1.54, 1.807) is 0 Å². The van der Waals surface area contributed by atoms with Crippen LogP contribution in [0.15, 0.2) is 28.7 Å². The van der Waals surface area contributed by atoms with Gasteiger partial charge in [-0.2, -0.15) is 0 Å². The summed E-state index contributed by atoms with van der Waals surface area (Å²) in [5, 5.41) is 4.95. The lowest BCUT2D eigenvalue weighted by Crippen LogP contribution is -2.34. The van der Waals surface area contributed by atoms with Crippen molar-refractivity contribution in [2.45, 2.75) is 59.5 Å². The van der Waals surface area contributed by atoms with Crippen LogP contribution in [0.3, 0.4) is 0 Å². The van der Waals surface area contributed by atoms with Gasteiger partial charge in [-0.25, -0.2) is 0 Å². The van der Waals surface area contributed by atoms with Crippen molar-refractivity contribution in [3.8, 4) is 0 Å². The van der Waals surface area contributed by atoms with Gasteiger partial charge < -0.3 is 9.73 Å². The lowest BCUT2D eigenvalue weighted by molar-refractivity contribution is 0.335. The molecule has 2 heteroatoms. The van der Waals surface area contributed by atoms with Crippen molar-refractivity contribution in [3.05, 3.63) is 35.6 Å². The molecule has 0 amide bonds. The largest absolute Gasteiger partial charge is 0.459 e. The first-order valence-corrected chi connectivity index (χ1v) is 7.84. The zero-order valence-corrected chi connectivity index (χ0v) is 13.4. The molecular weight excluding hydrogens is 246 g/mol. The molecule has 3 atom stereocenters. The molecule has 110 valence electrons. The van der Waals surface area contributed by atoms with Crippen molar-refractivity contribution >= 4 is 11.0 Å². The van der Waals surface area contributed by atoms with Crippen LogP contribution in [-0.4, -0.2) is 6.04 Å². The fraction of sp³-hybridized carbons (Fsp3) is 0.556. The predicted octanol–water partition coefficient (Wildman–Crippen LogP) is 5.08. The fourth-order valence-electron chi connectivity index (χ4n) is 2.82. The average Bonchev–Trinajstić information content (AvgIpc) is 2.84. The van der Waals surface area contributed by atoms with Gasteiger partial charge in [-0.05, 0) is 32.3 Å². The van der Waals surface area contributed by atoms with E-state index >= 15 is 0 Å². The molecule has 1 heterocycles. The SMILES string of the molecule is CCc1c(C(C)NC(C)C(C)CC)oc2ccccc12. The Morgan fingerprint density at radius 1 is 1.10 bits per heavy atom. The maximum absolute atomic E-state index is 6.10. The Kier molecular flexibility index (Phi) is 4.87. The van der Waals surface area contributed by atoms with Crippen LogP contribution in [0, 0.1) is 5.92 Å². The Hall–Kier alpha value is -1.28. The molecule has 3 unspecified atom stereocenters. The predicted molar refractivity (Wildman–Crippen MR) is 86.1 cm³/mol. The third kappa shape index (κ3) is 2.90. The van der Waals surface area contributed by atoms with E-state index in [1.165, 1.54) is 17.4 Å². The topological polar surface area (TPSA) is 25.2 Å². The van der Waals surface area contributed by atoms with Gasteiger partial charge >= 0.3 is 0 Å². The van der Waals surface area contributed by atoms with E-state index in [9.17, 15) is 0 Å². The molecule has 0 radical (unpaired) electrons. The quantitative estimate of drug-likeness (QED) is 0.794. The monoisotopic (exact) mass is 273 g/mol. The molecule has 0 spiro atoms. The van der Waals surface area contributed by atoms with Crippen molar-refractivity contribution in [1.82, 2.24) is 5.32 Å². The molecule has 2 rings (SSSR count). The minimum absolute atomic E-state index is 0.251. The number of aryl methyl sites for hydroxylation is 1. The second-order valence-corrected chi connectivity index (χ2v) is 5.86. The molecule has 0 aliphatic rings. The van der Waals surface area contributed by atoms with E-state index in [0.717, 1.165) is 17.8 Å². The number of benzene rings is 1. The highest BCUT2D eigenvalue weighted by Crippen LogP contribution is 2.31. The second kappa shape index (κ2) is 6.45. The van der Waals surface area contributed by atoms with Crippen LogP contribution >= 0.6 is 0 Å². The van der Waals surface area contributed by atoms with Crippen LogP contribution in [0.4, 0.5) is 0 Å². The highest BCUT2D eigenvalue weighted by molar-refractivity contribution is 5.82. The molecule has 1 N–H and O–H groups in total. The first-order valence-electron chi connectivity index (χ1n) is 7.84. The standard InChI is InChI=1S/C18H27NO/c1-6-12(3)13(4)19-14(5)18-15(7-2)16-10-8-9-11-17(16)20-18/h8-14,19H,6-7H2,1-5H3. The molecule has 0 saturated carbocycles. The van der Waals surface area contributed by atoms with Gasteiger partial charge in [-0.15, -0.1) is 0 Å². The molecule has 0 bridgehead atoms. The lowest BCUT2D eigenvalue weighted by Gasteiger charge is -2.24. The third-order valence-corrected chi connectivity index (χ3v) is 4.49. The van der Waals surface area contributed by atoms with E-state index in [4.69, 9.17) is 4.42 Å². The summed E-state index contributed by atoms with van der Waals surface area (Å²) in [5.74, 6) is 1.77. The molecule has 2 nitrogen and oxygen atoms in total. The van der Waals surface area contributed by atoms with E-state index in [0.29, 0.717) is 12.0 Å². The minimum Gasteiger partial charge on any atom is -0.459 e. The van der Waals surface area contributed by atoms with Crippen LogP contribution in [0.2, 0.25) is 0 Å². The van der Waals surface area contributed by atoms with Crippen molar-refractivity contribution in [2.24, 2.45) is 5.92 Å². The van der Waals surface area contributed by atoms with Gasteiger partial charge in [0.2, 0.25) is 0 Å². The highest BCUT2D eigenvalue weighted by atomic mass is 16.3. The summed E-state index contributed by atoms with van der Waals surface area (Å²) >= 11 is 0. The summed E-state index contributed by atoms with van der Waals surface area (Å²) in [5.41, 5.74) is 2.35. The van der Waals surface area contributed by atoms with Crippen molar-refractivity contribution in [3.63, 3.8) is 0 Å². The van der Waals surface area contributed by atoms with Gasteiger partial charge in [0.25, 0.3) is 0 Å². The molecular formula is C18H27NO. The number of hydrogen-bond donors (Lipinski definition) is 1. The van der Waals surface area contributed by atoms with Crippen LogP contribution in [0.1, 0.15) is 58.4 Å². The summed E-state index contributed by atoms with van der Waals surface area (Å²) in [4.78, 5) is 0. The highest BCUT2D eigenvalue weighted by Gasteiger charge is 2.20. The Morgan fingerprint density at radius 3 is 2.45 bits per heavy atom. The summed E-state index contributed by atoms with van der Waals surface area (Å²) in [6.07, 6.45) is 2.21. The first kappa shape index (κ1) is 15.1. The van der Waals surface area contributed by atoms with Crippen LogP contribution in [-0.2, 0) is 6.42 Å². The maximum atomic E-state index is 6.10. The normalized spacial score (nSPS) is 16.2. The first-order chi connectivity index (χ1) is 9.58. The molecule has 2 aromatic rings. The summed E-state index contributed by atoms with van der Waals surface area (Å²) in [7, 11) is 0. The van der Waals surface area contributed by atoms with Gasteiger partial charge in [0, 0.05) is 17.0 Å². The van der Waals surface area contributed by atoms with Gasteiger partial charge in [-0.3, -0.25) is 0 Å². The minimum atomic E-state index is 0.251. The molecule has 1 aromatic carbocycles. The van der Waals surface area contributed by atoms with E-state index in [2.05, 4.69) is 58.1 Å². The molecule has 0 fully saturated rings. The van der Waals surface area contributed by atoms with E-state index < -0.39 is 0 Å². The van der Waals surface area contributed by atoms with Crippen LogP contribution in [0.5, 0.6) is 0 Å². The Bertz CT molecular complexity index is 558. The Morgan fingerprint density at radius 2 is 1.80 bits per heavy atom. The van der Waals surface area contributed by atoms with Gasteiger partial charge in [0.15, 0.2) is 0 Å². The maximum Gasteiger partial charge on any atom is 0.134 e. The second-order valence-electron chi connectivity index (χ2n) is 5.86. The number of fused-ring (bicyclic) bond motifs is 1. The molecule has 0 saturated heterocycles. The summed E-state index contributed by atoms with van der Waals surface area (Å²) < 4.78 is 6.10. The van der Waals surface area contributed by atoms with E-state index in [1.807, 2.05) is 6.07 Å². The van der Waals surface area contributed by atoms with Crippen molar-refractivity contribution < 1.29 is 4.42 Å². The number of furan rings is 1. The molecule has 1 aromatic heterocycles. The van der Waals surface area contributed by atoms with Gasteiger partial charge in [0.1, 0.15) is 11.3 Å². The van der Waals surface area contributed by atoms with Crippen molar-refractivity contribution in [1.29, 1.82) is 0 Å². The lowest BCUT2D eigenvalue weighted by atomic mass is 9.99. The van der Waals surface area contributed by atoms with Gasteiger partial charge in [0.05, 0.1) is 6.04 Å². The summed E-state index contributed by atoms with van der Waals surface area (Å²) in [6.45, 7) is 11.2. The van der Waals surface area contributed by atoms with E-state index in [-0.39, 0.29) is 6.04 Å². The summed E-state index contributed by atoms with van der Waals surface area (Å²) in [6, 6.07) is 9.08. The molecule has 0 aliphatic carbocycles. The average molecular weight is 273 g/mol. The Balaban J connectivity index is 2.27. The number of para-hydroxylation sites is 1. The Labute approximate surface area is 122 Å². The molecule has 20 heavy (non-hydrogen) atoms. The smallest absolute Gasteiger partial charge is 0.134 e. The fourth-order valence-corrected chi connectivity index (χ4v) is 2.82. The van der Waals surface area contributed by atoms with Gasteiger partial charge in [-0.1, -0.05) is 45.4 Å². The molecule has 0 aliphatic heterocycles.